The number of fused-ring (bicyclic) bond motifs is 1. The summed E-state index contributed by atoms with van der Waals surface area (Å²) >= 11 is 0.926. The summed E-state index contributed by atoms with van der Waals surface area (Å²) in [5, 5.41) is 13.7. The smallest absolute Gasteiger partial charge is 0.341 e. The van der Waals surface area contributed by atoms with E-state index in [4.69, 9.17) is 4.74 Å². The highest BCUT2D eigenvalue weighted by Crippen LogP contribution is 2.34. The summed E-state index contributed by atoms with van der Waals surface area (Å²) in [5.74, 6) is -1.70. The van der Waals surface area contributed by atoms with Crippen molar-refractivity contribution in [3.05, 3.63) is 61.0 Å². The summed E-state index contributed by atoms with van der Waals surface area (Å²) in [6.07, 6.45) is 1.16. The number of benzene rings is 1. The lowest BCUT2D eigenvalue weighted by Crippen LogP contribution is -2.28. The number of hydrogen-bond donors (Lipinski definition) is 1. The lowest BCUT2D eigenvalue weighted by Gasteiger charge is -2.09. The number of aromatic nitrogens is 2. The number of rotatable bonds is 7. The van der Waals surface area contributed by atoms with E-state index in [1.165, 1.54) is 17.0 Å². The molecule has 0 radical (unpaired) electrons. The Bertz CT molecular complexity index is 1380. The second-order valence-corrected chi connectivity index (χ2v) is 8.39. The normalized spacial score (nSPS) is 10.7. The van der Waals surface area contributed by atoms with E-state index in [1.807, 2.05) is 0 Å². The maximum Gasteiger partial charge on any atom is 0.341 e. The summed E-state index contributed by atoms with van der Waals surface area (Å²) in [5.41, 5.74) is -0.239. The predicted molar refractivity (Wildman–Crippen MR) is 124 cm³/mol. The first-order valence-corrected chi connectivity index (χ1v) is 10.8. The number of nitro benzene ring substituents is 1. The highest BCUT2D eigenvalue weighted by atomic mass is 32.1. The average Bonchev–Trinajstić information content (AvgIpc) is 3.10. The van der Waals surface area contributed by atoms with Gasteiger partial charge in [0.2, 0.25) is 5.91 Å². The van der Waals surface area contributed by atoms with Gasteiger partial charge in [-0.2, -0.15) is 0 Å². The van der Waals surface area contributed by atoms with E-state index in [0.29, 0.717) is 5.56 Å². The van der Waals surface area contributed by atoms with Gasteiger partial charge in [-0.1, -0.05) is 0 Å². The monoisotopic (exact) mass is 487 g/mol. The number of nitrogens with one attached hydrogen (secondary N) is 1. The van der Waals surface area contributed by atoms with Crippen LogP contribution in [0, 0.1) is 17.0 Å². The van der Waals surface area contributed by atoms with Gasteiger partial charge >= 0.3 is 5.97 Å². The van der Waals surface area contributed by atoms with Crippen molar-refractivity contribution in [3.8, 4) is 0 Å². The first-order chi connectivity index (χ1) is 16.0. The Kier molecular flexibility index (Phi) is 7.05. The number of hydrogen-bond acceptors (Lipinski definition) is 9. The lowest BCUT2D eigenvalue weighted by atomic mass is 10.1. The SMILES string of the molecule is CCOC(=O)c1c(NC(=O)Cn2cnc3ccc([N+](=O)[O-])cc3c2=O)sc(C(=O)N(C)C)c1C. The molecule has 0 saturated heterocycles. The van der Waals surface area contributed by atoms with Crippen LogP contribution in [0.4, 0.5) is 10.7 Å². The minimum Gasteiger partial charge on any atom is -0.462 e. The molecule has 0 aliphatic carbocycles. The molecule has 0 aliphatic heterocycles. The van der Waals surface area contributed by atoms with Crippen LogP contribution in [0.3, 0.4) is 0 Å². The van der Waals surface area contributed by atoms with Gasteiger partial charge in [0.25, 0.3) is 17.2 Å². The van der Waals surface area contributed by atoms with Gasteiger partial charge in [-0.05, 0) is 25.5 Å². The molecule has 0 aliphatic rings. The van der Waals surface area contributed by atoms with Crippen molar-refractivity contribution in [1.29, 1.82) is 0 Å². The van der Waals surface area contributed by atoms with Gasteiger partial charge in [0.05, 0.1) is 39.2 Å². The fraction of sp³-hybridized carbons (Fsp3) is 0.286. The second-order valence-electron chi connectivity index (χ2n) is 7.36. The molecule has 1 aromatic carbocycles. The average molecular weight is 487 g/mol. The fourth-order valence-corrected chi connectivity index (χ4v) is 4.38. The third-order valence-electron chi connectivity index (χ3n) is 4.81. The molecule has 13 heteroatoms. The van der Waals surface area contributed by atoms with Crippen LogP contribution in [0.1, 0.15) is 32.5 Å². The molecule has 2 amide bonds. The first-order valence-electron chi connectivity index (χ1n) is 10.0. The molecule has 0 unspecified atom stereocenters. The van der Waals surface area contributed by atoms with E-state index >= 15 is 0 Å². The van der Waals surface area contributed by atoms with E-state index in [0.717, 1.165) is 28.3 Å². The Hall–Kier alpha value is -4.13. The third kappa shape index (κ3) is 4.78. The van der Waals surface area contributed by atoms with Crippen molar-refractivity contribution >= 4 is 50.7 Å². The van der Waals surface area contributed by atoms with E-state index in [9.17, 15) is 29.3 Å². The number of ether oxygens (including phenoxy) is 1. The van der Waals surface area contributed by atoms with Gasteiger partial charge in [-0.25, -0.2) is 9.78 Å². The molecule has 34 heavy (non-hydrogen) atoms. The summed E-state index contributed by atoms with van der Waals surface area (Å²) in [4.78, 5) is 66.6. The first kappa shape index (κ1) is 24.5. The molecule has 0 bridgehead atoms. The minimum absolute atomic E-state index is 0.0115. The Morgan fingerprint density at radius 1 is 1.29 bits per heavy atom. The zero-order valence-corrected chi connectivity index (χ0v) is 19.6. The molecule has 12 nitrogen and oxygen atoms in total. The quantitative estimate of drug-likeness (QED) is 0.302. The van der Waals surface area contributed by atoms with Crippen LogP contribution in [0.15, 0.2) is 29.3 Å². The van der Waals surface area contributed by atoms with Crippen molar-refractivity contribution in [2.24, 2.45) is 0 Å². The Morgan fingerprint density at radius 2 is 2.00 bits per heavy atom. The molecular weight excluding hydrogens is 466 g/mol. The molecule has 2 aromatic heterocycles. The van der Waals surface area contributed by atoms with Crippen molar-refractivity contribution in [2.45, 2.75) is 20.4 Å². The molecule has 3 rings (SSSR count). The Balaban J connectivity index is 1.94. The van der Waals surface area contributed by atoms with Crippen LogP contribution in [0.5, 0.6) is 0 Å². The molecular formula is C21H21N5O7S. The number of anilines is 1. The summed E-state index contributed by atoms with van der Waals surface area (Å²) in [7, 11) is 3.13. The predicted octanol–water partition coefficient (Wildman–Crippen LogP) is 2.19. The van der Waals surface area contributed by atoms with E-state index in [2.05, 4.69) is 10.3 Å². The highest BCUT2D eigenvalue weighted by molar-refractivity contribution is 7.18. The number of carbonyl (C=O) groups excluding carboxylic acids is 3. The third-order valence-corrected chi connectivity index (χ3v) is 6.01. The van der Waals surface area contributed by atoms with E-state index < -0.39 is 28.9 Å². The number of carbonyl (C=O) groups is 3. The van der Waals surface area contributed by atoms with Gasteiger partial charge in [-0.15, -0.1) is 11.3 Å². The van der Waals surface area contributed by atoms with Crippen LogP contribution in [-0.4, -0.2) is 57.9 Å². The van der Waals surface area contributed by atoms with Crippen LogP contribution in [0.25, 0.3) is 10.9 Å². The van der Waals surface area contributed by atoms with Gasteiger partial charge in [0.1, 0.15) is 11.5 Å². The Labute approximate surface area is 196 Å². The molecule has 0 saturated carbocycles. The number of non-ortho nitro benzene ring substituents is 1. The molecule has 0 spiro atoms. The van der Waals surface area contributed by atoms with Gasteiger partial charge in [-0.3, -0.25) is 29.1 Å². The largest absolute Gasteiger partial charge is 0.462 e. The van der Waals surface area contributed by atoms with Gasteiger partial charge in [0.15, 0.2) is 0 Å². The van der Waals surface area contributed by atoms with Gasteiger partial charge < -0.3 is 15.0 Å². The van der Waals surface area contributed by atoms with Crippen molar-refractivity contribution in [1.82, 2.24) is 14.5 Å². The van der Waals surface area contributed by atoms with Crippen molar-refractivity contribution < 1.29 is 24.0 Å². The number of nitro groups is 1. The number of nitrogens with zero attached hydrogens (tertiary/aromatic N) is 4. The molecule has 3 aromatic rings. The van der Waals surface area contributed by atoms with E-state index in [1.54, 1.807) is 27.9 Å². The zero-order valence-electron chi connectivity index (χ0n) is 18.8. The molecule has 2 heterocycles. The standard InChI is InChI=1S/C21H21N5O7S/c1-5-33-21(30)16-11(2)17(20(29)24(3)4)34-18(16)23-15(27)9-25-10-22-14-7-6-12(26(31)32)8-13(14)19(25)28/h6-8,10H,5,9H2,1-4H3,(H,23,27). The van der Waals surface area contributed by atoms with Crippen LogP contribution < -0.4 is 10.9 Å². The van der Waals surface area contributed by atoms with Crippen LogP contribution in [0.2, 0.25) is 0 Å². The maximum absolute atomic E-state index is 12.8. The molecule has 1 N–H and O–H groups in total. The van der Waals surface area contributed by atoms with E-state index in [-0.39, 0.29) is 44.5 Å². The lowest BCUT2D eigenvalue weighted by molar-refractivity contribution is -0.384. The Morgan fingerprint density at radius 3 is 2.62 bits per heavy atom. The molecule has 0 fully saturated rings. The minimum atomic E-state index is -0.693. The second kappa shape index (κ2) is 9.79. The fourth-order valence-electron chi connectivity index (χ4n) is 3.15. The maximum atomic E-state index is 12.8. The topological polar surface area (TPSA) is 154 Å². The van der Waals surface area contributed by atoms with Gasteiger partial charge in [0, 0.05) is 26.2 Å². The van der Waals surface area contributed by atoms with Crippen LogP contribution in [-0.2, 0) is 16.1 Å². The summed E-state index contributed by atoms with van der Waals surface area (Å²) < 4.78 is 6.07. The zero-order chi connectivity index (χ0) is 25.2. The van der Waals surface area contributed by atoms with Crippen molar-refractivity contribution in [2.75, 3.05) is 26.0 Å². The molecule has 178 valence electrons. The molecule has 0 atom stereocenters. The highest BCUT2D eigenvalue weighted by Gasteiger charge is 2.27. The number of thiophene rings is 1. The van der Waals surface area contributed by atoms with Crippen molar-refractivity contribution in [3.63, 3.8) is 0 Å². The number of esters is 1. The number of amides is 2. The summed E-state index contributed by atoms with van der Waals surface area (Å²) in [6, 6.07) is 3.68. The summed E-state index contributed by atoms with van der Waals surface area (Å²) in [6.45, 7) is 2.84. The van der Waals surface area contributed by atoms with Crippen LogP contribution >= 0.6 is 11.3 Å².